The summed E-state index contributed by atoms with van der Waals surface area (Å²) in [4.78, 5) is 0. The number of thioether (sulfide) groups is 1. The van der Waals surface area contributed by atoms with Crippen molar-refractivity contribution >= 4 is 27.7 Å². The number of fused-ring (bicyclic) bond motifs is 1. The van der Waals surface area contributed by atoms with Crippen molar-refractivity contribution < 1.29 is 4.74 Å². The first kappa shape index (κ1) is 13.2. The highest BCUT2D eigenvalue weighted by Gasteiger charge is 2.25. The molecule has 0 saturated heterocycles. The Kier molecular flexibility index (Phi) is 4.77. The molecule has 0 aromatic heterocycles. The van der Waals surface area contributed by atoms with E-state index in [1.807, 2.05) is 23.9 Å². The van der Waals surface area contributed by atoms with E-state index in [0.29, 0.717) is 0 Å². The van der Waals surface area contributed by atoms with Gasteiger partial charge in [-0.25, -0.2) is 0 Å². The molecule has 2 N–H and O–H groups in total. The molecule has 0 aliphatic carbocycles. The molecule has 2 atom stereocenters. The molecule has 4 heteroatoms. The van der Waals surface area contributed by atoms with Crippen molar-refractivity contribution in [3.63, 3.8) is 0 Å². The van der Waals surface area contributed by atoms with Gasteiger partial charge in [0.1, 0.15) is 11.9 Å². The summed E-state index contributed by atoms with van der Waals surface area (Å²) in [5.74, 6) is 3.27. The van der Waals surface area contributed by atoms with Crippen molar-refractivity contribution in [3.8, 4) is 5.75 Å². The van der Waals surface area contributed by atoms with Crippen LogP contribution in [0.5, 0.6) is 5.75 Å². The highest BCUT2D eigenvalue weighted by molar-refractivity contribution is 9.10. The Morgan fingerprint density at radius 1 is 1.53 bits per heavy atom. The van der Waals surface area contributed by atoms with Crippen molar-refractivity contribution in [1.29, 1.82) is 0 Å². The van der Waals surface area contributed by atoms with Crippen molar-refractivity contribution in [3.05, 3.63) is 28.2 Å². The van der Waals surface area contributed by atoms with Gasteiger partial charge in [0, 0.05) is 22.5 Å². The topological polar surface area (TPSA) is 35.2 Å². The maximum Gasteiger partial charge on any atom is 0.125 e. The van der Waals surface area contributed by atoms with Crippen LogP contribution in [0.4, 0.5) is 0 Å². The molecule has 17 heavy (non-hydrogen) atoms. The quantitative estimate of drug-likeness (QED) is 0.860. The average molecular weight is 316 g/mol. The van der Waals surface area contributed by atoms with Gasteiger partial charge in [-0.3, -0.25) is 0 Å². The van der Waals surface area contributed by atoms with E-state index in [-0.39, 0.29) is 12.1 Å². The molecule has 1 unspecified atom stereocenters. The predicted molar refractivity (Wildman–Crippen MR) is 77.7 cm³/mol. The van der Waals surface area contributed by atoms with Crippen LogP contribution in [-0.2, 0) is 0 Å². The van der Waals surface area contributed by atoms with Gasteiger partial charge in [0.25, 0.3) is 0 Å². The van der Waals surface area contributed by atoms with Gasteiger partial charge in [-0.2, -0.15) is 11.8 Å². The smallest absolute Gasteiger partial charge is 0.125 e. The zero-order valence-electron chi connectivity index (χ0n) is 9.99. The summed E-state index contributed by atoms with van der Waals surface area (Å²) >= 11 is 5.43. The lowest BCUT2D eigenvalue weighted by Crippen LogP contribution is -2.30. The molecule has 2 nitrogen and oxygen atoms in total. The van der Waals surface area contributed by atoms with Gasteiger partial charge in [-0.1, -0.05) is 28.9 Å². The summed E-state index contributed by atoms with van der Waals surface area (Å²) in [6, 6.07) is 6.22. The molecular formula is C13H18BrNOS. The molecule has 1 heterocycles. The van der Waals surface area contributed by atoms with E-state index in [2.05, 4.69) is 28.9 Å². The van der Waals surface area contributed by atoms with E-state index in [0.717, 1.165) is 34.4 Å². The van der Waals surface area contributed by atoms with Crippen LogP contribution < -0.4 is 10.5 Å². The van der Waals surface area contributed by atoms with Crippen LogP contribution in [0.3, 0.4) is 0 Å². The molecule has 0 saturated carbocycles. The van der Waals surface area contributed by atoms with E-state index >= 15 is 0 Å². The highest BCUT2D eigenvalue weighted by atomic mass is 79.9. The number of halogens is 1. The molecule has 1 aromatic carbocycles. The number of hydrogen-bond acceptors (Lipinski definition) is 3. The van der Waals surface area contributed by atoms with Crippen LogP contribution in [0.1, 0.15) is 31.4 Å². The van der Waals surface area contributed by atoms with Crippen molar-refractivity contribution in [2.75, 3.05) is 11.5 Å². The lowest BCUT2D eigenvalue weighted by Gasteiger charge is -2.30. The van der Waals surface area contributed by atoms with Crippen molar-refractivity contribution in [2.45, 2.75) is 31.9 Å². The number of benzene rings is 1. The zero-order valence-corrected chi connectivity index (χ0v) is 12.4. The van der Waals surface area contributed by atoms with Crippen LogP contribution in [0.2, 0.25) is 0 Å². The summed E-state index contributed by atoms with van der Waals surface area (Å²) < 4.78 is 7.05. The lowest BCUT2D eigenvalue weighted by atomic mass is 9.96. The second-order valence-electron chi connectivity index (χ2n) is 4.25. The maximum absolute atomic E-state index is 6.19. The summed E-state index contributed by atoms with van der Waals surface area (Å²) in [5.41, 5.74) is 7.32. The fourth-order valence-corrected chi connectivity index (χ4v) is 3.15. The Labute approximate surface area is 115 Å². The minimum atomic E-state index is 0.114. The first-order valence-electron chi connectivity index (χ1n) is 6.00. The van der Waals surface area contributed by atoms with Crippen LogP contribution in [0, 0.1) is 0 Å². The fraction of sp³-hybridized carbons (Fsp3) is 0.538. The number of hydrogen-bond donors (Lipinski definition) is 1. The fourth-order valence-electron chi connectivity index (χ4n) is 2.09. The molecule has 0 fully saturated rings. The van der Waals surface area contributed by atoms with Gasteiger partial charge in [0.05, 0.1) is 0 Å². The second kappa shape index (κ2) is 6.12. The van der Waals surface area contributed by atoms with E-state index in [1.165, 1.54) is 5.75 Å². The van der Waals surface area contributed by atoms with Crippen molar-refractivity contribution in [2.24, 2.45) is 5.73 Å². The zero-order chi connectivity index (χ0) is 12.3. The standard InChI is InChI=1S/C13H18BrNOS/c1-2-17-6-5-10-8-12(15)11-4-3-9(14)7-13(11)16-10/h3-4,7,10,12H,2,5-6,8,15H2,1H3/t10?,12-/m0/s1. The number of nitrogens with two attached hydrogens (primary N) is 1. The first-order valence-corrected chi connectivity index (χ1v) is 7.95. The van der Waals surface area contributed by atoms with Gasteiger partial charge in [0.2, 0.25) is 0 Å². The Morgan fingerprint density at radius 3 is 3.12 bits per heavy atom. The first-order chi connectivity index (χ1) is 8.20. The van der Waals surface area contributed by atoms with Gasteiger partial charge in [-0.05, 0) is 30.1 Å². The molecule has 2 rings (SSSR count). The summed E-state index contributed by atoms with van der Waals surface area (Å²) in [6.07, 6.45) is 2.28. The predicted octanol–water partition coefficient (Wildman–Crippen LogP) is 3.74. The maximum atomic E-state index is 6.19. The van der Waals surface area contributed by atoms with Gasteiger partial charge in [0.15, 0.2) is 0 Å². The molecule has 1 aliphatic heterocycles. The number of ether oxygens (including phenoxy) is 1. The third-order valence-corrected chi connectivity index (χ3v) is 4.40. The third-order valence-electron chi connectivity index (χ3n) is 2.97. The summed E-state index contributed by atoms with van der Waals surface area (Å²) in [7, 11) is 0. The van der Waals surface area contributed by atoms with E-state index in [9.17, 15) is 0 Å². The molecule has 0 amide bonds. The van der Waals surface area contributed by atoms with Crippen molar-refractivity contribution in [1.82, 2.24) is 0 Å². The third kappa shape index (κ3) is 3.39. The lowest BCUT2D eigenvalue weighted by molar-refractivity contribution is 0.156. The van der Waals surface area contributed by atoms with E-state index in [4.69, 9.17) is 10.5 Å². The highest BCUT2D eigenvalue weighted by Crippen LogP contribution is 2.36. The summed E-state index contributed by atoms with van der Waals surface area (Å²) in [6.45, 7) is 2.19. The second-order valence-corrected chi connectivity index (χ2v) is 6.56. The Balaban J connectivity index is 2.04. The van der Waals surface area contributed by atoms with Crippen LogP contribution in [-0.4, -0.2) is 17.6 Å². The largest absolute Gasteiger partial charge is 0.490 e. The van der Waals surface area contributed by atoms with E-state index < -0.39 is 0 Å². The molecule has 1 aromatic rings. The molecule has 0 spiro atoms. The Hall–Kier alpha value is -0.190. The van der Waals surface area contributed by atoms with E-state index in [1.54, 1.807) is 0 Å². The average Bonchev–Trinajstić information content (AvgIpc) is 2.28. The normalized spacial score (nSPS) is 23.0. The molecule has 0 bridgehead atoms. The minimum absolute atomic E-state index is 0.114. The molecule has 94 valence electrons. The van der Waals surface area contributed by atoms with Crippen LogP contribution in [0.15, 0.2) is 22.7 Å². The molecule has 0 radical (unpaired) electrons. The number of rotatable bonds is 4. The van der Waals surface area contributed by atoms with Gasteiger partial charge in [-0.15, -0.1) is 0 Å². The van der Waals surface area contributed by atoms with Crippen LogP contribution >= 0.6 is 27.7 Å². The van der Waals surface area contributed by atoms with Gasteiger partial charge < -0.3 is 10.5 Å². The summed E-state index contributed by atoms with van der Waals surface area (Å²) in [5, 5.41) is 0. The Morgan fingerprint density at radius 2 is 2.35 bits per heavy atom. The minimum Gasteiger partial charge on any atom is -0.490 e. The molecule has 1 aliphatic rings. The molecular weight excluding hydrogens is 298 g/mol. The SMILES string of the molecule is CCSCCC1C[C@H](N)c2ccc(Br)cc2O1. The van der Waals surface area contributed by atoms with Crippen LogP contribution in [0.25, 0.3) is 0 Å². The Bertz CT molecular complexity index is 386. The monoisotopic (exact) mass is 315 g/mol. The van der Waals surface area contributed by atoms with Gasteiger partial charge >= 0.3 is 0 Å².